The number of carbonyl (C=O) groups is 1. The Morgan fingerprint density at radius 2 is 2.30 bits per heavy atom. The van der Waals surface area contributed by atoms with Gasteiger partial charge in [-0.3, -0.25) is 14.3 Å². The van der Waals surface area contributed by atoms with E-state index in [0.29, 0.717) is 6.54 Å². The molecular weight excluding hydrogens is 324 g/mol. The predicted molar refractivity (Wildman–Crippen MR) is 78.2 cm³/mol. The zero-order chi connectivity index (χ0) is 14.5. The number of pyridine rings is 1. The Labute approximate surface area is 124 Å². The number of hydrogen-bond donors (Lipinski definition) is 1. The second kappa shape index (κ2) is 6.51. The Balaban J connectivity index is 1.92. The molecule has 0 saturated carbocycles. The van der Waals surface area contributed by atoms with Crippen molar-refractivity contribution in [3.63, 3.8) is 0 Å². The van der Waals surface area contributed by atoms with E-state index in [9.17, 15) is 9.59 Å². The largest absolute Gasteiger partial charge is 0.350 e. The van der Waals surface area contributed by atoms with Gasteiger partial charge in [0.25, 0.3) is 5.56 Å². The highest BCUT2D eigenvalue weighted by Gasteiger charge is 2.09. The van der Waals surface area contributed by atoms with E-state index >= 15 is 0 Å². The molecule has 1 atom stereocenters. The van der Waals surface area contributed by atoms with Crippen LogP contribution in [0.2, 0.25) is 0 Å². The van der Waals surface area contributed by atoms with Crippen LogP contribution in [0.5, 0.6) is 0 Å². The first-order valence-electron chi connectivity index (χ1n) is 6.17. The van der Waals surface area contributed by atoms with Gasteiger partial charge in [-0.2, -0.15) is 5.10 Å². The lowest BCUT2D eigenvalue weighted by Gasteiger charge is -2.14. The van der Waals surface area contributed by atoms with Crippen LogP contribution in [-0.4, -0.2) is 26.3 Å². The number of nitrogens with one attached hydrogen (secondary N) is 1. The lowest BCUT2D eigenvalue weighted by molar-refractivity contribution is -0.122. The third-order valence-corrected chi connectivity index (χ3v) is 3.16. The summed E-state index contributed by atoms with van der Waals surface area (Å²) in [6.07, 6.45) is 5.12. The van der Waals surface area contributed by atoms with E-state index in [1.165, 1.54) is 10.6 Å². The van der Waals surface area contributed by atoms with E-state index in [1.807, 2.05) is 19.2 Å². The minimum atomic E-state index is -0.205. The van der Waals surface area contributed by atoms with Crippen molar-refractivity contribution in [2.75, 3.05) is 0 Å². The van der Waals surface area contributed by atoms with Crippen LogP contribution < -0.4 is 10.9 Å². The molecule has 0 aliphatic rings. The summed E-state index contributed by atoms with van der Waals surface area (Å²) >= 11 is 3.27. The number of nitrogens with zero attached hydrogens (tertiary/aromatic N) is 3. The van der Waals surface area contributed by atoms with Gasteiger partial charge in [-0.05, 0) is 35.0 Å². The number of carbonyl (C=O) groups excluding carboxylic acids is 1. The minimum Gasteiger partial charge on any atom is -0.350 e. The van der Waals surface area contributed by atoms with Crippen molar-refractivity contribution < 1.29 is 4.79 Å². The van der Waals surface area contributed by atoms with E-state index in [2.05, 4.69) is 26.3 Å². The molecule has 0 bridgehead atoms. The van der Waals surface area contributed by atoms with Crippen molar-refractivity contribution >= 4 is 21.8 Å². The molecule has 2 aromatic rings. The topological polar surface area (TPSA) is 68.9 Å². The van der Waals surface area contributed by atoms with Gasteiger partial charge in [0.2, 0.25) is 5.91 Å². The van der Waals surface area contributed by atoms with Gasteiger partial charge in [0.05, 0.1) is 6.54 Å². The normalized spacial score (nSPS) is 12.1. The summed E-state index contributed by atoms with van der Waals surface area (Å²) < 4.78 is 3.87. The van der Waals surface area contributed by atoms with E-state index in [0.717, 1.165) is 4.47 Å². The number of hydrogen-bond acceptors (Lipinski definition) is 3. The summed E-state index contributed by atoms with van der Waals surface area (Å²) in [5.74, 6) is -0.204. The molecule has 0 radical (unpaired) electrons. The summed E-state index contributed by atoms with van der Waals surface area (Å²) in [7, 11) is 0. The summed E-state index contributed by atoms with van der Waals surface area (Å²) in [5.41, 5.74) is -0.205. The highest BCUT2D eigenvalue weighted by Crippen LogP contribution is 2.04. The van der Waals surface area contributed by atoms with Crippen molar-refractivity contribution in [3.05, 3.63) is 51.6 Å². The average Bonchev–Trinajstić information content (AvgIpc) is 2.86. The van der Waals surface area contributed by atoms with Gasteiger partial charge in [0, 0.05) is 35.2 Å². The maximum absolute atomic E-state index is 11.9. The maximum atomic E-state index is 11.9. The van der Waals surface area contributed by atoms with Crippen molar-refractivity contribution in [2.24, 2.45) is 0 Å². The van der Waals surface area contributed by atoms with Crippen LogP contribution in [-0.2, 0) is 17.9 Å². The number of aromatic nitrogens is 3. The fraction of sp³-hybridized carbons (Fsp3) is 0.308. The second-order valence-electron chi connectivity index (χ2n) is 4.51. The third kappa shape index (κ3) is 4.06. The van der Waals surface area contributed by atoms with Crippen LogP contribution in [0.1, 0.15) is 6.92 Å². The second-order valence-corrected chi connectivity index (χ2v) is 5.43. The quantitative estimate of drug-likeness (QED) is 0.884. The van der Waals surface area contributed by atoms with Crippen LogP contribution in [0.3, 0.4) is 0 Å². The van der Waals surface area contributed by atoms with Gasteiger partial charge in [0.1, 0.15) is 6.54 Å². The first kappa shape index (κ1) is 14.5. The molecule has 7 heteroatoms. The summed E-state index contributed by atoms with van der Waals surface area (Å²) in [6.45, 7) is 2.48. The summed E-state index contributed by atoms with van der Waals surface area (Å²) in [4.78, 5) is 23.5. The molecule has 2 aromatic heterocycles. The Hall–Kier alpha value is -1.89. The fourth-order valence-corrected chi connectivity index (χ4v) is 2.21. The molecule has 0 saturated heterocycles. The van der Waals surface area contributed by atoms with E-state index in [4.69, 9.17) is 0 Å². The van der Waals surface area contributed by atoms with E-state index in [-0.39, 0.29) is 24.1 Å². The molecule has 2 heterocycles. The molecule has 0 aromatic carbocycles. The predicted octanol–water partition coefficient (Wildman–Crippen LogP) is 1.01. The minimum absolute atomic E-state index is 0.00171. The molecule has 6 nitrogen and oxygen atoms in total. The smallest absolute Gasteiger partial charge is 0.251 e. The van der Waals surface area contributed by atoms with Gasteiger partial charge in [-0.1, -0.05) is 0 Å². The van der Waals surface area contributed by atoms with Crippen LogP contribution in [0.25, 0.3) is 0 Å². The third-order valence-electron chi connectivity index (χ3n) is 2.69. The Bertz CT molecular complexity index is 636. The van der Waals surface area contributed by atoms with Crippen molar-refractivity contribution in [2.45, 2.75) is 26.1 Å². The monoisotopic (exact) mass is 338 g/mol. The van der Waals surface area contributed by atoms with Gasteiger partial charge < -0.3 is 9.88 Å². The lowest BCUT2D eigenvalue weighted by Crippen LogP contribution is -2.39. The molecule has 0 fully saturated rings. The highest BCUT2D eigenvalue weighted by molar-refractivity contribution is 9.10. The standard InChI is InChI=1S/C13H15BrN4O2/c1-10(7-18-6-2-5-15-18)16-12(19)9-17-8-11(14)3-4-13(17)20/h2-6,8,10H,7,9H2,1H3,(H,16,19). The van der Waals surface area contributed by atoms with Crippen LogP contribution in [0, 0.1) is 0 Å². The zero-order valence-electron chi connectivity index (χ0n) is 11.0. The van der Waals surface area contributed by atoms with Gasteiger partial charge in [-0.15, -0.1) is 0 Å². The lowest BCUT2D eigenvalue weighted by atomic mass is 10.3. The Morgan fingerprint density at radius 1 is 1.50 bits per heavy atom. The number of halogens is 1. The molecule has 0 aliphatic carbocycles. The van der Waals surface area contributed by atoms with E-state index in [1.54, 1.807) is 23.1 Å². The number of amides is 1. The van der Waals surface area contributed by atoms with E-state index < -0.39 is 0 Å². The van der Waals surface area contributed by atoms with Gasteiger partial charge in [0.15, 0.2) is 0 Å². The van der Waals surface area contributed by atoms with Crippen LogP contribution in [0.4, 0.5) is 0 Å². The zero-order valence-corrected chi connectivity index (χ0v) is 12.6. The first-order valence-corrected chi connectivity index (χ1v) is 6.96. The molecule has 0 spiro atoms. The molecule has 2 rings (SSSR count). The first-order chi connectivity index (χ1) is 9.54. The SMILES string of the molecule is CC(Cn1cccn1)NC(=O)Cn1cc(Br)ccc1=O. The summed E-state index contributed by atoms with van der Waals surface area (Å²) in [6, 6.07) is 4.84. The Morgan fingerprint density at radius 3 is 3.00 bits per heavy atom. The fourth-order valence-electron chi connectivity index (χ4n) is 1.84. The molecule has 0 aliphatic heterocycles. The molecule has 1 amide bonds. The molecular formula is C13H15BrN4O2. The van der Waals surface area contributed by atoms with Gasteiger partial charge in [-0.25, -0.2) is 0 Å². The summed E-state index contributed by atoms with van der Waals surface area (Å²) in [5, 5.41) is 6.92. The van der Waals surface area contributed by atoms with Crippen LogP contribution in [0.15, 0.2) is 46.1 Å². The average molecular weight is 339 g/mol. The molecule has 106 valence electrons. The van der Waals surface area contributed by atoms with Crippen molar-refractivity contribution in [1.82, 2.24) is 19.7 Å². The maximum Gasteiger partial charge on any atom is 0.251 e. The van der Waals surface area contributed by atoms with Crippen LogP contribution >= 0.6 is 15.9 Å². The number of rotatable bonds is 5. The highest BCUT2D eigenvalue weighted by atomic mass is 79.9. The van der Waals surface area contributed by atoms with Crippen molar-refractivity contribution in [3.8, 4) is 0 Å². The Kier molecular flexibility index (Phi) is 4.73. The molecule has 20 heavy (non-hydrogen) atoms. The van der Waals surface area contributed by atoms with Gasteiger partial charge >= 0.3 is 0 Å². The van der Waals surface area contributed by atoms with Crippen molar-refractivity contribution in [1.29, 1.82) is 0 Å². The molecule has 1 N–H and O–H groups in total. The molecule has 1 unspecified atom stereocenters.